The number of hydrogen-bond donors (Lipinski definition) is 0. The smallest absolute Gasteiger partial charge is 0.0487 e. The molecule has 1 heterocycles. The molecular formula is C11H10ClIS. The monoisotopic (exact) mass is 336 g/mol. The average Bonchev–Trinajstić information content (AvgIpc) is 2.62. The molecule has 0 spiro atoms. The Labute approximate surface area is 106 Å². The summed E-state index contributed by atoms with van der Waals surface area (Å²) in [6, 6.07) is 4.43. The molecule has 0 fully saturated rings. The van der Waals surface area contributed by atoms with E-state index in [9.17, 15) is 0 Å². The van der Waals surface area contributed by atoms with Crippen LogP contribution in [0.4, 0.5) is 0 Å². The molecule has 0 aliphatic carbocycles. The predicted octanol–water partition coefficient (Wildman–Crippen LogP) is 4.81. The van der Waals surface area contributed by atoms with Gasteiger partial charge in [0, 0.05) is 14.2 Å². The third-order valence-electron chi connectivity index (χ3n) is 2.42. The van der Waals surface area contributed by atoms with Gasteiger partial charge in [-0.25, -0.2) is 0 Å². The van der Waals surface area contributed by atoms with E-state index in [1.165, 1.54) is 24.8 Å². The number of alkyl halides is 1. The molecule has 14 heavy (non-hydrogen) atoms. The van der Waals surface area contributed by atoms with Crippen LogP contribution < -0.4 is 0 Å². The van der Waals surface area contributed by atoms with Gasteiger partial charge in [-0.05, 0) is 63.0 Å². The summed E-state index contributed by atoms with van der Waals surface area (Å²) in [5, 5.41) is 3.53. The summed E-state index contributed by atoms with van der Waals surface area (Å²) in [4.78, 5) is 0. The SMILES string of the molecule is CCc1c(CCl)c(I)cc2sccc12. The van der Waals surface area contributed by atoms with Crippen molar-refractivity contribution in [3.63, 3.8) is 0 Å². The van der Waals surface area contributed by atoms with Crippen molar-refractivity contribution in [2.24, 2.45) is 0 Å². The summed E-state index contributed by atoms with van der Waals surface area (Å²) >= 11 is 10.2. The second-order valence-corrected chi connectivity index (χ2v) is 5.51. The maximum atomic E-state index is 5.98. The molecule has 0 aliphatic heterocycles. The summed E-state index contributed by atoms with van der Waals surface area (Å²) < 4.78 is 2.67. The fourth-order valence-electron chi connectivity index (χ4n) is 1.74. The molecule has 0 aliphatic rings. The highest BCUT2D eigenvalue weighted by atomic mass is 127. The molecule has 0 unspecified atom stereocenters. The van der Waals surface area contributed by atoms with E-state index in [1.54, 1.807) is 11.3 Å². The lowest BCUT2D eigenvalue weighted by Gasteiger charge is -2.09. The molecule has 0 saturated carbocycles. The minimum atomic E-state index is 0.618. The van der Waals surface area contributed by atoms with Crippen LogP contribution in [-0.4, -0.2) is 0 Å². The Morgan fingerprint density at radius 3 is 2.86 bits per heavy atom. The van der Waals surface area contributed by atoms with E-state index >= 15 is 0 Å². The molecule has 0 bridgehead atoms. The van der Waals surface area contributed by atoms with Crippen molar-refractivity contribution in [1.82, 2.24) is 0 Å². The van der Waals surface area contributed by atoms with Gasteiger partial charge in [0.05, 0.1) is 0 Å². The summed E-state index contributed by atoms with van der Waals surface area (Å²) in [5.74, 6) is 0.618. The van der Waals surface area contributed by atoms with Crippen molar-refractivity contribution >= 4 is 55.6 Å². The van der Waals surface area contributed by atoms with Gasteiger partial charge in [0.1, 0.15) is 0 Å². The van der Waals surface area contributed by atoms with Gasteiger partial charge in [0.25, 0.3) is 0 Å². The first kappa shape index (κ1) is 10.7. The molecule has 0 N–H and O–H groups in total. The Balaban J connectivity index is 2.82. The van der Waals surface area contributed by atoms with Crippen LogP contribution in [-0.2, 0) is 12.3 Å². The van der Waals surface area contributed by atoms with Crippen LogP contribution in [0.3, 0.4) is 0 Å². The number of benzene rings is 1. The average molecular weight is 337 g/mol. The Morgan fingerprint density at radius 2 is 2.21 bits per heavy atom. The molecule has 0 nitrogen and oxygen atoms in total. The van der Waals surface area contributed by atoms with E-state index in [-0.39, 0.29) is 0 Å². The molecule has 74 valence electrons. The van der Waals surface area contributed by atoms with Crippen molar-refractivity contribution in [2.45, 2.75) is 19.2 Å². The minimum Gasteiger partial charge on any atom is -0.144 e. The molecule has 2 aromatic rings. The second kappa shape index (κ2) is 4.37. The third kappa shape index (κ3) is 1.68. The lowest BCUT2D eigenvalue weighted by molar-refractivity contribution is 1.11. The Bertz CT molecular complexity index is 462. The topological polar surface area (TPSA) is 0 Å². The van der Waals surface area contributed by atoms with E-state index in [2.05, 4.69) is 47.0 Å². The minimum absolute atomic E-state index is 0.618. The lowest BCUT2D eigenvalue weighted by atomic mass is 10.0. The van der Waals surface area contributed by atoms with E-state index in [4.69, 9.17) is 11.6 Å². The first-order chi connectivity index (χ1) is 6.77. The zero-order valence-electron chi connectivity index (χ0n) is 7.81. The van der Waals surface area contributed by atoms with Crippen LogP contribution >= 0.6 is 45.5 Å². The Kier molecular flexibility index (Phi) is 3.34. The van der Waals surface area contributed by atoms with Crippen LogP contribution in [0.1, 0.15) is 18.1 Å². The van der Waals surface area contributed by atoms with Crippen LogP contribution in [0.15, 0.2) is 17.5 Å². The first-order valence-corrected chi connectivity index (χ1v) is 7.00. The summed E-state index contributed by atoms with van der Waals surface area (Å²) in [7, 11) is 0. The number of thiophene rings is 1. The molecular weight excluding hydrogens is 327 g/mol. The van der Waals surface area contributed by atoms with E-state index in [0.29, 0.717) is 5.88 Å². The highest BCUT2D eigenvalue weighted by Gasteiger charge is 2.10. The number of fused-ring (bicyclic) bond motifs is 1. The van der Waals surface area contributed by atoms with Gasteiger partial charge >= 0.3 is 0 Å². The summed E-state index contributed by atoms with van der Waals surface area (Å²) in [6.07, 6.45) is 1.06. The normalized spacial score (nSPS) is 11.1. The van der Waals surface area contributed by atoms with Crippen LogP contribution in [0.5, 0.6) is 0 Å². The molecule has 1 aromatic heterocycles. The second-order valence-electron chi connectivity index (χ2n) is 3.14. The molecule has 0 amide bonds. The van der Waals surface area contributed by atoms with E-state index < -0.39 is 0 Å². The summed E-state index contributed by atoms with van der Waals surface area (Å²) in [5.41, 5.74) is 2.73. The number of halogens is 2. The predicted molar refractivity (Wildman–Crippen MR) is 73.5 cm³/mol. The highest BCUT2D eigenvalue weighted by molar-refractivity contribution is 14.1. The van der Waals surface area contributed by atoms with E-state index in [0.717, 1.165) is 6.42 Å². The van der Waals surface area contributed by atoms with Crippen molar-refractivity contribution < 1.29 is 0 Å². The fraction of sp³-hybridized carbons (Fsp3) is 0.273. The highest BCUT2D eigenvalue weighted by Crippen LogP contribution is 2.31. The largest absolute Gasteiger partial charge is 0.144 e. The molecule has 0 radical (unpaired) electrons. The first-order valence-electron chi connectivity index (χ1n) is 4.51. The van der Waals surface area contributed by atoms with Crippen molar-refractivity contribution in [2.75, 3.05) is 0 Å². The summed E-state index contributed by atoms with van der Waals surface area (Å²) in [6.45, 7) is 2.19. The third-order valence-corrected chi connectivity index (χ3v) is 4.51. The van der Waals surface area contributed by atoms with Crippen LogP contribution in [0, 0.1) is 3.57 Å². The van der Waals surface area contributed by atoms with Crippen molar-refractivity contribution in [3.05, 3.63) is 32.2 Å². The Hall–Kier alpha value is 0.200. The van der Waals surface area contributed by atoms with Crippen LogP contribution in [0.2, 0.25) is 0 Å². The van der Waals surface area contributed by atoms with Crippen molar-refractivity contribution in [3.8, 4) is 0 Å². The molecule has 3 heteroatoms. The standard InChI is InChI=1S/C11H10ClIS/c1-2-7-8-3-4-14-11(8)5-10(13)9(7)6-12/h3-5H,2,6H2,1H3. The molecule has 2 rings (SSSR count). The van der Waals surface area contributed by atoms with Gasteiger partial charge in [-0.2, -0.15) is 0 Å². The fourth-order valence-corrected chi connectivity index (χ4v) is 4.16. The quantitative estimate of drug-likeness (QED) is 0.545. The van der Waals surface area contributed by atoms with Gasteiger partial charge < -0.3 is 0 Å². The van der Waals surface area contributed by atoms with Gasteiger partial charge in [0.2, 0.25) is 0 Å². The molecule has 0 atom stereocenters. The van der Waals surface area contributed by atoms with Gasteiger partial charge in [-0.3, -0.25) is 0 Å². The van der Waals surface area contributed by atoms with Gasteiger partial charge in [-0.15, -0.1) is 22.9 Å². The van der Waals surface area contributed by atoms with Crippen LogP contribution in [0.25, 0.3) is 10.1 Å². The Morgan fingerprint density at radius 1 is 1.43 bits per heavy atom. The van der Waals surface area contributed by atoms with Gasteiger partial charge in [0.15, 0.2) is 0 Å². The van der Waals surface area contributed by atoms with Crippen molar-refractivity contribution in [1.29, 1.82) is 0 Å². The molecule has 1 aromatic carbocycles. The number of aryl methyl sites for hydroxylation is 1. The number of hydrogen-bond acceptors (Lipinski definition) is 1. The zero-order chi connectivity index (χ0) is 10.1. The zero-order valence-corrected chi connectivity index (χ0v) is 11.5. The number of rotatable bonds is 2. The molecule has 0 saturated heterocycles. The maximum absolute atomic E-state index is 5.98. The lowest BCUT2D eigenvalue weighted by Crippen LogP contribution is -1.93. The maximum Gasteiger partial charge on any atom is 0.0487 e. The van der Waals surface area contributed by atoms with E-state index in [1.807, 2.05) is 0 Å². The van der Waals surface area contributed by atoms with Gasteiger partial charge in [-0.1, -0.05) is 6.92 Å².